The van der Waals surface area contributed by atoms with Crippen molar-refractivity contribution in [2.24, 2.45) is 0 Å². The van der Waals surface area contributed by atoms with Gasteiger partial charge < -0.3 is 15.8 Å². The molecule has 0 heterocycles. The lowest BCUT2D eigenvalue weighted by atomic mass is 10.2. The van der Waals surface area contributed by atoms with E-state index >= 15 is 0 Å². The quantitative estimate of drug-likeness (QED) is 0.507. The number of carbonyl (C=O) groups excluding carboxylic acids is 1. The third-order valence-corrected chi connectivity index (χ3v) is 3.74. The molecule has 1 rings (SSSR count). The predicted octanol–water partition coefficient (Wildman–Crippen LogP) is 0.152. The Bertz CT molecular complexity index is 557. The molecule has 0 radical (unpaired) electrons. The number of hydrogen-bond donors (Lipinski definition) is 3. The molecule has 4 N–H and O–H groups in total. The van der Waals surface area contributed by atoms with Crippen LogP contribution >= 0.6 is 0 Å². The first kappa shape index (κ1) is 15.3. The van der Waals surface area contributed by atoms with Crippen molar-refractivity contribution < 1.29 is 17.9 Å². The van der Waals surface area contributed by atoms with Crippen molar-refractivity contribution in [2.45, 2.75) is 11.8 Å². The summed E-state index contributed by atoms with van der Waals surface area (Å²) in [5.74, 6) is -0.441. The average Bonchev–Trinajstić information content (AvgIpc) is 2.38. The summed E-state index contributed by atoms with van der Waals surface area (Å²) in [7, 11) is -2.23. The lowest BCUT2D eigenvalue weighted by Crippen LogP contribution is -2.20. The van der Waals surface area contributed by atoms with Gasteiger partial charge in [0.2, 0.25) is 10.0 Å². The lowest BCUT2D eigenvalue weighted by Gasteiger charge is -2.11. The second kappa shape index (κ2) is 6.39. The minimum absolute atomic E-state index is 0.0653. The van der Waals surface area contributed by atoms with E-state index in [-0.39, 0.29) is 18.0 Å². The normalized spacial score (nSPS) is 11.1. The molecule has 0 atom stereocenters. The molecule has 0 fully saturated rings. The van der Waals surface area contributed by atoms with Gasteiger partial charge in [-0.15, -0.1) is 0 Å². The van der Waals surface area contributed by atoms with Gasteiger partial charge >= 0.3 is 5.97 Å². The van der Waals surface area contributed by atoms with Crippen LogP contribution in [0.15, 0.2) is 23.1 Å². The molecule has 19 heavy (non-hydrogen) atoms. The zero-order valence-corrected chi connectivity index (χ0v) is 11.6. The van der Waals surface area contributed by atoms with E-state index in [9.17, 15) is 13.2 Å². The summed E-state index contributed by atoms with van der Waals surface area (Å²) in [6.45, 7) is 1.90. The Balaban J connectivity index is 2.90. The lowest BCUT2D eigenvalue weighted by molar-refractivity contribution is -0.140. The molecule has 8 heteroatoms. The van der Waals surface area contributed by atoms with Gasteiger partial charge in [0.05, 0.1) is 22.9 Å². The highest BCUT2D eigenvalue weighted by Crippen LogP contribution is 2.22. The van der Waals surface area contributed by atoms with Crippen molar-refractivity contribution in [1.29, 1.82) is 0 Å². The van der Waals surface area contributed by atoms with Crippen molar-refractivity contribution >= 4 is 27.4 Å². The maximum absolute atomic E-state index is 11.6. The van der Waals surface area contributed by atoms with E-state index in [1.807, 2.05) is 0 Å². The SMILES string of the molecule is CCOC(=O)CNc1cc(S(=O)(=O)NC)ccc1N. The van der Waals surface area contributed by atoms with Gasteiger partial charge in [-0.25, -0.2) is 13.1 Å². The van der Waals surface area contributed by atoms with E-state index in [0.29, 0.717) is 11.4 Å². The predicted molar refractivity (Wildman–Crippen MR) is 72.2 cm³/mol. The Morgan fingerprint density at radius 3 is 2.68 bits per heavy atom. The number of nitrogens with one attached hydrogen (secondary N) is 2. The zero-order chi connectivity index (χ0) is 14.5. The van der Waals surface area contributed by atoms with Crippen LogP contribution in [0.1, 0.15) is 6.92 Å². The molecule has 1 aromatic carbocycles. The Kier molecular flexibility index (Phi) is 5.13. The Labute approximate surface area is 112 Å². The standard InChI is InChI=1S/C11H17N3O4S/c1-3-18-11(15)7-14-10-6-8(4-5-9(10)12)19(16,17)13-2/h4-6,13-14H,3,7,12H2,1-2H3. The number of benzene rings is 1. The molecule has 0 aromatic heterocycles. The van der Waals surface area contributed by atoms with Crippen LogP contribution in [0.25, 0.3) is 0 Å². The molecular formula is C11H17N3O4S. The highest BCUT2D eigenvalue weighted by Gasteiger charge is 2.13. The van der Waals surface area contributed by atoms with Gasteiger partial charge in [0.25, 0.3) is 0 Å². The van der Waals surface area contributed by atoms with E-state index in [1.165, 1.54) is 25.2 Å². The summed E-state index contributed by atoms with van der Waals surface area (Å²) in [5, 5.41) is 2.74. The van der Waals surface area contributed by atoms with Gasteiger partial charge in [0, 0.05) is 0 Å². The summed E-state index contributed by atoms with van der Waals surface area (Å²) >= 11 is 0. The van der Waals surface area contributed by atoms with Crippen molar-refractivity contribution in [3.05, 3.63) is 18.2 Å². The Morgan fingerprint density at radius 1 is 1.42 bits per heavy atom. The van der Waals surface area contributed by atoms with Gasteiger partial charge in [-0.3, -0.25) is 4.79 Å². The number of hydrogen-bond acceptors (Lipinski definition) is 6. The molecule has 0 amide bonds. The summed E-state index contributed by atoms with van der Waals surface area (Å²) in [5.41, 5.74) is 6.42. The second-order valence-corrected chi connectivity index (χ2v) is 5.50. The van der Waals surface area contributed by atoms with Crippen molar-refractivity contribution in [3.8, 4) is 0 Å². The smallest absolute Gasteiger partial charge is 0.325 e. The molecule has 106 valence electrons. The fourth-order valence-electron chi connectivity index (χ4n) is 1.35. The van der Waals surface area contributed by atoms with Crippen molar-refractivity contribution in [3.63, 3.8) is 0 Å². The molecule has 0 saturated heterocycles. The minimum atomic E-state index is -3.55. The van der Waals surface area contributed by atoms with Crippen LogP contribution in [-0.2, 0) is 19.6 Å². The van der Waals surface area contributed by atoms with Crippen LogP contribution < -0.4 is 15.8 Å². The number of nitrogens with two attached hydrogens (primary N) is 1. The number of nitrogen functional groups attached to an aromatic ring is 1. The fourth-order valence-corrected chi connectivity index (χ4v) is 2.11. The third-order valence-electron chi connectivity index (χ3n) is 2.33. The van der Waals surface area contributed by atoms with Crippen LogP contribution in [0, 0.1) is 0 Å². The van der Waals surface area contributed by atoms with E-state index in [4.69, 9.17) is 10.5 Å². The first-order chi connectivity index (χ1) is 8.90. The van der Waals surface area contributed by atoms with Crippen LogP contribution in [0.5, 0.6) is 0 Å². The molecule has 1 aromatic rings. The molecule has 7 nitrogen and oxygen atoms in total. The molecular weight excluding hydrogens is 270 g/mol. The van der Waals surface area contributed by atoms with Gasteiger partial charge in [0.15, 0.2) is 0 Å². The maximum atomic E-state index is 11.6. The number of sulfonamides is 1. The zero-order valence-electron chi connectivity index (χ0n) is 10.8. The van der Waals surface area contributed by atoms with Gasteiger partial charge in [-0.2, -0.15) is 0 Å². The molecule has 0 saturated carbocycles. The van der Waals surface area contributed by atoms with E-state index in [0.717, 1.165) is 0 Å². The molecule has 0 aliphatic rings. The van der Waals surface area contributed by atoms with Crippen molar-refractivity contribution in [2.75, 3.05) is 31.2 Å². The summed E-state index contributed by atoms with van der Waals surface area (Å²) in [6.07, 6.45) is 0. The highest BCUT2D eigenvalue weighted by atomic mass is 32.2. The molecule has 0 aliphatic heterocycles. The third kappa shape index (κ3) is 4.11. The van der Waals surface area contributed by atoms with Gasteiger partial charge in [-0.1, -0.05) is 0 Å². The monoisotopic (exact) mass is 287 g/mol. The molecule has 0 aliphatic carbocycles. The van der Waals surface area contributed by atoms with E-state index in [2.05, 4.69) is 10.0 Å². The first-order valence-electron chi connectivity index (χ1n) is 5.63. The summed E-state index contributed by atoms with van der Waals surface area (Å²) in [6, 6.07) is 4.20. The fraction of sp³-hybridized carbons (Fsp3) is 0.364. The van der Waals surface area contributed by atoms with Crippen LogP contribution in [0.4, 0.5) is 11.4 Å². The maximum Gasteiger partial charge on any atom is 0.325 e. The molecule has 0 bridgehead atoms. The number of anilines is 2. The summed E-state index contributed by atoms with van der Waals surface area (Å²) < 4.78 is 30.2. The number of esters is 1. The first-order valence-corrected chi connectivity index (χ1v) is 7.11. The number of rotatable bonds is 6. The number of ether oxygens (including phenoxy) is 1. The van der Waals surface area contributed by atoms with Gasteiger partial charge in [0.1, 0.15) is 6.54 Å². The summed E-state index contributed by atoms with van der Waals surface area (Å²) in [4.78, 5) is 11.3. The largest absolute Gasteiger partial charge is 0.465 e. The number of carbonyl (C=O) groups is 1. The van der Waals surface area contributed by atoms with Crippen molar-refractivity contribution in [1.82, 2.24) is 4.72 Å². The topological polar surface area (TPSA) is 111 Å². The Hall–Kier alpha value is -1.80. The van der Waals surface area contributed by atoms with Gasteiger partial charge in [-0.05, 0) is 32.2 Å². The van der Waals surface area contributed by atoms with E-state index < -0.39 is 16.0 Å². The molecule has 0 spiro atoms. The van der Waals surface area contributed by atoms with Crippen LogP contribution in [0.2, 0.25) is 0 Å². The average molecular weight is 287 g/mol. The second-order valence-electron chi connectivity index (χ2n) is 3.62. The Morgan fingerprint density at radius 2 is 2.11 bits per heavy atom. The highest BCUT2D eigenvalue weighted by molar-refractivity contribution is 7.89. The van der Waals surface area contributed by atoms with Crippen LogP contribution in [-0.4, -0.2) is 34.6 Å². The van der Waals surface area contributed by atoms with Crippen LogP contribution in [0.3, 0.4) is 0 Å². The van der Waals surface area contributed by atoms with E-state index in [1.54, 1.807) is 6.92 Å². The minimum Gasteiger partial charge on any atom is -0.465 e. The molecule has 0 unspecified atom stereocenters.